The first-order chi connectivity index (χ1) is 2.94. The van der Waals surface area contributed by atoms with Crippen LogP contribution in [0.2, 0.25) is 0 Å². The van der Waals surface area contributed by atoms with Crippen molar-refractivity contribution in [3.05, 3.63) is 0 Å². The van der Waals surface area contributed by atoms with E-state index in [0.717, 1.165) is 0 Å². The molecular weight excluding hydrogens is 169 g/mol. The minimum atomic E-state index is -5.43. The normalized spacial score (nSPS) is 8.67. The molecule has 8 heteroatoms. The van der Waals surface area contributed by atoms with Crippen LogP contribution < -0.4 is 74.0 Å². The maximum atomic E-state index is 9.14. The molecule has 0 heterocycles. The van der Waals surface area contributed by atoms with Crippen molar-refractivity contribution in [1.82, 2.24) is 0 Å². The van der Waals surface area contributed by atoms with Gasteiger partial charge in [-0.1, -0.05) is 0 Å². The summed E-state index contributed by atoms with van der Waals surface area (Å²) in [7, 11) is -5.43. The Hall–Kier alpha value is 1.62. The minimum Gasteiger partial charge on any atom is -0.807 e. The molecule has 0 rings (SSSR count). The largest absolute Gasteiger partial charge is 1.00 e. The molecule has 5 nitrogen and oxygen atoms in total. The van der Waals surface area contributed by atoms with E-state index in [4.69, 9.17) is 24.3 Å². The molecule has 0 aromatic rings. The van der Waals surface area contributed by atoms with Gasteiger partial charge in [0.15, 0.2) is 0 Å². The van der Waals surface area contributed by atoms with Crippen molar-refractivity contribution in [2.24, 2.45) is 0 Å². The molecule has 0 saturated carbocycles. The van der Waals surface area contributed by atoms with Crippen LogP contribution in [0.25, 0.3) is 0 Å². The molecule has 0 aromatic carbocycles. The number of carbonyl (C=O) groups is 1. The molecular formula is CNa2O5P-. The van der Waals surface area contributed by atoms with Crippen LogP contribution in [0.1, 0.15) is 0 Å². The maximum absolute atomic E-state index is 9.14. The average molecular weight is 169 g/mol. The fourth-order valence-corrected chi connectivity index (χ4v) is 0. The number of hydrogen-bond donors (Lipinski definition) is 0. The van der Waals surface area contributed by atoms with Crippen molar-refractivity contribution in [3.63, 3.8) is 0 Å². The van der Waals surface area contributed by atoms with Crippen molar-refractivity contribution in [3.8, 4) is 0 Å². The van der Waals surface area contributed by atoms with Crippen molar-refractivity contribution < 1.29 is 83.4 Å². The molecule has 0 radical (unpaired) electrons. The number of carboxylic acid groups (broad SMARTS) is 1. The smallest absolute Gasteiger partial charge is 0.807 e. The monoisotopic (exact) mass is 169 g/mol. The average Bonchev–Trinajstić information content (AvgIpc) is 1.31. The topological polar surface area (TPSA) is 103 Å². The fourth-order valence-electron chi connectivity index (χ4n) is 0. The summed E-state index contributed by atoms with van der Waals surface area (Å²) in [5.41, 5.74) is -2.56. The SMILES string of the molecule is O=C([O-])P(=O)([O-])[O-].[Na+].[Na+]. The maximum Gasteiger partial charge on any atom is 1.00 e. The van der Waals surface area contributed by atoms with Gasteiger partial charge in [0.05, 0.1) is 5.71 Å². The van der Waals surface area contributed by atoms with Gasteiger partial charge < -0.3 is 24.3 Å². The third-order valence-electron chi connectivity index (χ3n) is 0.224. The van der Waals surface area contributed by atoms with Crippen LogP contribution in [0.5, 0.6) is 0 Å². The van der Waals surface area contributed by atoms with Crippen LogP contribution in [-0.2, 0) is 4.57 Å². The van der Waals surface area contributed by atoms with E-state index < -0.39 is 13.3 Å². The van der Waals surface area contributed by atoms with Crippen LogP contribution in [0.4, 0.5) is 4.79 Å². The molecule has 42 valence electrons. The van der Waals surface area contributed by atoms with E-state index in [-0.39, 0.29) is 59.1 Å². The fraction of sp³-hybridized carbons (Fsp3) is 0. The van der Waals surface area contributed by atoms with Gasteiger partial charge in [0, 0.05) is 0 Å². The third-order valence-corrected chi connectivity index (χ3v) is 0.671. The van der Waals surface area contributed by atoms with Crippen molar-refractivity contribution in [2.75, 3.05) is 0 Å². The Morgan fingerprint density at radius 2 is 1.33 bits per heavy atom. The van der Waals surface area contributed by atoms with Crippen molar-refractivity contribution in [1.29, 1.82) is 0 Å². The molecule has 0 atom stereocenters. The van der Waals surface area contributed by atoms with Gasteiger partial charge in [0.2, 0.25) is 0 Å². The zero-order valence-electron chi connectivity index (χ0n) is 4.99. The molecule has 0 amide bonds. The molecule has 0 aliphatic heterocycles. The Kier molecular flexibility index (Phi) is 11.9. The van der Waals surface area contributed by atoms with Gasteiger partial charge in [-0.3, -0.25) is 0 Å². The Balaban J connectivity index is -0.000000180. The predicted molar refractivity (Wildman–Crippen MR) is 13.0 cm³/mol. The summed E-state index contributed by atoms with van der Waals surface area (Å²) in [5, 5.41) is 9.02. The van der Waals surface area contributed by atoms with Gasteiger partial charge >= 0.3 is 59.1 Å². The molecule has 0 aliphatic carbocycles. The second kappa shape index (κ2) is 6.34. The standard InChI is InChI=1S/CH3O5P.2Na/c2-1(3)7(4,5)6;;/h(H,2,3)(H2,4,5,6);;/q;2*+1/p-3. The van der Waals surface area contributed by atoms with E-state index >= 15 is 0 Å². The second-order valence-electron chi connectivity index (χ2n) is 0.763. The van der Waals surface area contributed by atoms with Gasteiger partial charge in [-0.05, 0) is 7.60 Å². The summed E-state index contributed by atoms with van der Waals surface area (Å²) in [5.74, 6) is 0. The zero-order valence-corrected chi connectivity index (χ0v) is 9.88. The summed E-state index contributed by atoms with van der Waals surface area (Å²) in [6.45, 7) is 0. The van der Waals surface area contributed by atoms with E-state index in [1.165, 1.54) is 0 Å². The predicted octanol–water partition coefficient (Wildman–Crippen LogP) is -8.75. The summed E-state index contributed by atoms with van der Waals surface area (Å²) >= 11 is 0. The molecule has 0 N–H and O–H groups in total. The van der Waals surface area contributed by atoms with E-state index in [1.54, 1.807) is 0 Å². The molecule has 0 aliphatic rings. The Morgan fingerprint density at radius 3 is 1.33 bits per heavy atom. The molecule has 9 heavy (non-hydrogen) atoms. The van der Waals surface area contributed by atoms with Crippen LogP contribution in [0.3, 0.4) is 0 Å². The first kappa shape index (κ1) is 16.9. The summed E-state index contributed by atoms with van der Waals surface area (Å²) in [6, 6.07) is 0. The van der Waals surface area contributed by atoms with E-state index in [1.807, 2.05) is 0 Å². The summed E-state index contributed by atoms with van der Waals surface area (Å²) in [6.07, 6.45) is 0. The zero-order chi connectivity index (χ0) is 6.08. The molecule has 0 fully saturated rings. The quantitative estimate of drug-likeness (QED) is 0.286. The molecule has 0 saturated heterocycles. The molecule has 0 bridgehead atoms. The Labute approximate surface area is 95.6 Å². The van der Waals surface area contributed by atoms with Gasteiger partial charge in [0.25, 0.3) is 0 Å². The van der Waals surface area contributed by atoms with Gasteiger partial charge in [0.1, 0.15) is 0 Å². The second-order valence-corrected chi connectivity index (χ2v) is 2.12. The van der Waals surface area contributed by atoms with E-state index in [0.29, 0.717) is 0 Å². The van der Waals surface area contributed by atoms with E-state index in [9.17, 15) is 0 Å². The van der Waals surface area contributed by atoms with Crippen LogP contribution in [0, 0.1) is 0 Å². The van der Waals surface area contributed by atoms with E-state index in [2.05, 4.69) is 0 Å². The number of rotatable bonds is 1. The summed E-state index contributed by atoms with van der Waals surface area (Å²) < 4.78 is 9.14. The van der Waals surface area contributed by atoms with Gasteiger partial charge in [-0.15, -0.1) is 0 Å². The number of hydrogen-bond acceptors (Lipinski definition) is 5. The Morgan fingerprint density at radius 1 is 1.22 bits per heavy atom. The molecule has 0 spiro atoms. The van der Waals surface area contributed by atoms with Gasteiger partial charge in [-0.25, -0.2) is 0 Å². The first-order valence-electron chi connectivity index (χ1n) is 1.18. The number of carbonyl (C=O) groups excluding carboxylic acids is 1. The third kappa shape index (κ3) is 9.62. The van der Waals surface area contributed by atoms with Crippen molar-refractivity contribution in [2.45, 2.75) is 0 Å². The molecule has 0 aromatic heterocycles. The minimum absolute atomic E-state index is 0. The van der Waals surface area contributed by atoms with Crippen LogP contribution >= 0.6 is 7.60 Å². The van der Waals surface area contributed by atoms with Gasteiger partial charge in [-0.2, -0.15) is 0 Å². The molecule has 0 unspecified atom stereocenters. The van der Waals surface area contributed by atoms with Crippen LogP contribution in [0.15, 0.2) is 0 Å². The first-order valence-corrected chi connectivity index (χ1v) is 2.72. The Bertz CT molecular complexity index is 127. The summed E-state index contributed by atoms with van der Waals surface area (Å²) in [4.78, 5) is 27.3. The van der Waals surface area contributed by atoms with Crippen molar-refractivity contribution >= 4 is 13.3 Å². The van der Waals surface area contributed by atoms with Crippen LogP contribution in [-0.4, -0.2) is 5.71 Å².